The minimum atomic E-state index is 0.0204. The molecule has 23 heavy (non-hydrogen) atoms. The number of amides is 1. The number of aryl methyl sites for hydroxylation is 1. The molecule has 1 saturated carbocycles. The van der Waals surface area contributed by atoms with Crippen molar-refractivity contribution in [3.8, 4) is 0 Å². The summed E-state index contributed by atoms with van der Waals surface area (Å²) in [7, 11) is 0. The number of anilines is 1. The Hall–Kier alpha value is -2.02. The fourth-order valence-electron chi connectivity index (χ4n) is 2.41. The summed E-state index contributed by atoms with van der Waals surface area (Å²) in [6, 6.07) is 10.7. The second-order valence-electron chi connectivity index (χ2n) is 5.67. The predicted molar refractivity (Wildman–Crippen MR) is 91.2 cm³/mol. The van der Waals surface area contributed by atoms with Crippen LogP contribution in [0.15, 0.2) is 35.5 Å². The van der Waals surface area contributed by atoms with Gasteiger partial charge in [-0.05, 0) is 31.2 Å². The quantitative estimate of drug-likeness (QED) is 0.571. The van der Waals surface area contributed by atoms with Gasteiger partial charge in [-0.1, -0.05) is 42.1 Å². The van der Waals surface area contributed by atoms with Crippen LogP contribution in [0.3, 0.4) is 0 Å². The Morgan fingerprint density at radius 3 is 2.83 bits per heavy atom. The highest BCUT2D eigenvalue weighted by molar-refractivity contribution is 7.99. The number of benzene rings is 1. The molecule has 1 heterocycles. The lowest BCUT2D eigenvalue weighted by Crippen LogP contribution is -2.26. The molecule has 0 unspecified atom stereocenters. The Morgan fingerprint density at radius 1 is 1.30 bits per heavy atom. The number of thioether (sulfide) groups is 1. The number of nitrogens with two attached hydrogens (primary N) is 1. The minimum absolute atomic E-state index is 0.0204. The predicted octanol–water partition coefficient (Wildman–Crippen LogP) is 2.04. The second kappa shape index (κ2) is 7.50. The fourth-order valence-corrected chi connectivity index (χ4v) is 3.25. The fraction of sp³-hybridized carbons (Fsp3) is 0.438. The van der Waals surface area contributed by atoms with Crippen LogP contribution in [0, 0.1) is 0 Å². The second-order valence-corrected chi connectivity index (χ2v) is 6.61. The van der Waals surface area contributed by atoms with E-state index in [2.05, 4.69) is 27.6 Å². The number of carbonyl (C=O) groups excluding carboxylic acids is 1. The Bertz CT molecular complexity index is 654. The molecule has 1 aliphatic carbocycles. The molecule has 0 spiro atoms. The number of hydrogen-bond donors (Lipinski definition) is 2. The van der Waals surface area contributed by atoms with Crippen molar-refractivity contribution < 1.29 is 4.79 Å². The molecule has 1 aromatic heterocycles. The molecule has 1 aromatic carbocycles. The molecule has 7 heteroatoms. The molecular formula is C16H21N5OS. The summed E-state index contributed by atoms with van der Waals surface area (Å²) >= 11 is 1.40. The monoisotopic (exact) mass is 331 g/mol. The van der Waals surface area contributed by atoms with Gasteiger partial charge in [-0.3, -0.25) is 9.36 Å². The maximum atomic E-state index is 11.9. The number of aromatic nitrogens is 3. The zero-order chi connectivity index (χ0) is 16.1. The van der Waals surface area contributed by atoms with Gasteiger partial charge in [0.15, 0.2) is 5.16 Å². The van der Waals surface area contributed by atoms with Gasteiger partial charge >= 0.3 is 0 Å². The zero-order valence-electron chi connectivity index (χ0n) is 12.9. The van der Waals surface area contributed by atoms with Crippen LogP contribution in [0.5, 0.6) is 0 Å². The lowest BCUT2D eigenvalue weighted by Gasteiger charge is -2.07. The van der Waals surface area contributed by atoms with Gasteiger partial charge in [0.1, 0.15) is 0 Å². The molecule has 0 saturated heterocycles. The molecule has 0 atom stereocenters. The van der Waals surface area contributed by atoms with E-state index >= 15 is 0 Å². The maximum absolute atomic E-state index is 11.9. The van der Waals surface area contributed by atoms with Crippen molar-refractivity contribution in [3.05, 3.63) is 35.9 Å². The molecule has 1 aliphatic rings. The molecular weight excluding hydrogens is 310 g/mol. The van der Waals surface area contributed by atoms with Crippen LogP contribution in [-0.4, -0.2) is 33.0 Å². The third kappa shape index (κ3) is 4.48. The maximum Gasteiger partial charge on any atom is 0.230 e. The number of carbonyl (C=O) groups is 1. The van der Waals surface area contributed by atoms with Crippen molar-refractivity contribution in [1.29, 1.82) is 0 Å². The molecule has 6 nitrogen and oxygen atoms in total. The molecule has 0 bridgehead atoms. The number of nitrogen functional groups attached to an aromatic ring is 1. The molecule has 3 N–H and O–H groups in total. The van der Waals surface area contributed by atoms with Gasteiger partial charge in [-0.15, -0.1) is 10.2 Å². The van der Waals surface area contributed by atoms with E-state index < -0.39 is 0 Å². The molecule has 122 valence electrons. The Kier molecular flexibility index (Phi) is 5.17. The summed E-state index contributed by atoms with van der Waals surface area (Å²) in [6.45, 7) is 0.686. The van der Waals surface area contributed by atoms with Crippen LogP contribution in [0.1, 0.15) is 30.9 Å². The standard InChI is InChI=1S/C16H21N5OS/c17-15-19-20-16(21(15)13-8-9-13)23-11-14(22)18-10-4-7-12-5-2-1-3-6-12/h1-3,5-6,13H,4,7-11H2,(H2,17,19)(H,18,22). The Balaban J connectivity index is 1.37. The van der Waals surface area contributed by atoms with E-state index in [4.69, 9.17) is 5.73 Å². The molecule has 0 radical (unpaired) electrons. The van der Waals surface area contributed by atoms with Gasteiger partial charge in [0, 0.05) is 12.6 Å². The summed E-state index contributed by atoms with van der Waals surface area (Å²) in [6.07, 6.45) is 4.13. The summed E-state index contributed by atoms with van der Waals surface area (Å²) in [4.78, 5) is 11.9. The highest BCUT2D eigenvalue weighted by Crippen LogP contribution is 2.39. The highest BCUT2D eigenvalue weighted by Gasteiger charge is 2.28. The van der Waals surface area contributed by atoms with E-state index in [1.165, 1.54) is 17.3 Å². The van der Waals surface area contributed by atoms with E-state index in [1.807, 2.05) is 22.8 Å². The van der Waals surface area contributed by atoms with Crippen molar-refractivity contribution in [2.45, 2.75) is 36.9 Å². The Labute approximate surface area is 139 Å². The summed E-state index contributed by atoms with van der Waals surface area (Å²) in [5.74, 6) is 0.807. The molecule has 1 amide bonds. The lowest BCUT2D eigenvalue weighted by molar-refractivity contribution is -0.118. The highest BCUT2D eigenvalue weighted by atomic mass is 32.2. The van der Waals surface area contributed by atoms with E-state index in [0.29, 0.717) is 24.3 Å². The summed E-state index contributed by atoms with van der Waals surface area (Å²) < 4.78 is 1.94. The average molecular weight is 331 g/mol. The van der Waals surface area contributed by atoms with Crippen molar-refractivity contribution in [1.82, 2.24) is 20.1 Å². The van der Waals surface area contributed by atoms with Crippen molar-refractivity contribution in [2.75, 3.05) is 18.0 Å². The topological polar surface area (TPSA) is 85.8 Å². The van der Waals surface area contributed by atoms with E-state index in [-0.39, 0.29) is 5.91 Å². The van der Waals surface area contributed by atoms with E-state index in [0.717, 1.165) is 30.8 Å². The first kappa shape index (κ1) is 15.9. The zero-order valence-corrected chi connectivity index (χ0v) is 13.8. The van der Waals surface area contributed by atoms with Crippen LogP contribution < -0.4 is 11.1 Å². The van der Waals surface area contributed by atoms with Crippen LogP contribution >= 0.6 is 11.8 Å². The minimum Gasteiger partial charge on any atom is -0.368 e. The molecule has 2 aromatic rings. The van der Waals surface area contributed by atoms with Gasteiger partial charge in [0.25, 0.3) is 0 Å². The lowest BCUT2D eigenvalue weighted by atomic mass is 10.1. The first-order valence-corrected chi connectivity index (χ1v) is 8.86. The number of nitrogens with one attached hydrogen (secondary N) is 1. The van der Waals surface area contributed by atoms with Gasteiger partial charge in [-0.2, -0.15) is 0 Å². The Morgan fingerprint density at radius 2 is 2.09 bits per heavy atom. The first-order valence-electron chi connectivity index (χ1n) is 7.88. The van der Waals surface area contributed by atoms with Crippen LogP contribution in [0.4, 0.5) is 5.95 Å². The number of nitrogens with zero attached hydrogens (tertiary/aromatic N) is 3. The largest absolute Gasteiger partial charge is 0.368 e. The van der Waals surface area contributed by atoms with Crippen molar-refractivity contribution in [2.24, 2.45) is 0 Å². The van der Waals surface area contributed by atoms with Crippen molar-refractivity contribution >= 4 is 23.6 Å². The van der Waals surface area contributed by atoms with E-state index in [9.17, 15) is 4.79 Å². The van der Waals surface area contributed by atoms with Crippen LogP contribution in [-0.2, 0) is 11.2 Å². The van der Waals surface area contributed by atoms with Gasteiger partial charge in [0.2, 0.25) is 11.9 Å². The van der Waals surface area contributed by atoms with E-state index in [1.54, 1.807) is 0 Å². The molecule has 0 aliphatic heterocycles. The molecule has 1 fully saturated rings. The summed E-state index contributed by atoms with van der Waals surface area (Å²) in [5.41, 5.74) is 7.11. The number of hydrogen-bond acceptors (Lipinski definition) is 5. The average Bonchev–Trinajstić information content (AvgIpc) is 3.33. The smallest absolute Gasteiger partial charge is 0.230 e. The normalized spacial score (nSPS) is 13.9. The summed E-state index contributed by atoms with van der Waals surface area (Å²) in [5, 5.41) is 11.6. The van der Waals surface area contributed by atoms with Gasteiger partial charge < -0.3 is 11.1 Å². The third-order valence-electron chi connectivity index (χ3n) is 3.74. The van der Waals surface area contributed by atoms with Crippen LogP contribution in [0.2, 0.25) is 0 Å². The van der Waals surface area contributed by atoms with Gasteiger partial charge in [0.05, 0.1) is 5.75 Å². The van der Waals surface area contributed by atoms with Crippen LogP contribution in [0.25, 0.3) is 0 Å². The van der Waals surface area contributed by atoms with Crippen molar-refractivity contribution in [3.63, 3.8) is 0 Å². The molecule has 3 rings (SSSR count). The SMILES string of the molecule is Nc1nnc(SCC(=O)NCCCc2ccccc2)n1C1CC1. The van der Waals surface area contributed by atoms with Gasteiger partial charge in [-0.25, -0.2) is 0 Å². The first-order chi connectivity index (χ1) is 11.2. The third-order valence-corrected chi connectivity index (χ3v) is 4.69. The number of rotatable bonds is 8.